The zero-order chi connectivity index (χ0) is 40.5. The molecule has 0 bridgehead atoms. The Morgan fingerprint density at radius 3 is 2.05 bits per heavy atom. The van der Waals surface area contributed by atoms with Crippen molar-refractivity contribution in [2.75, 3.05) is 26.1 Å². The molecule has 5 N–H and O–H groups in total. The highest BCUT2D eigenvalue weighted by molar-refractivity contribution is 8.03. The van der Waals surface area contributed by atoms with Gasteiger partial charge in [-0.3, -0.25) is 4.79 Å². The van der Waals surface area contributed by atoms with E-state index < -0.39 is 35.8 Å². The number of thiazole rings is 1. The van der Waals surface area contributed by atoms with Gasteiger partial charge in [0.15, 0.2) is 0 Å². The Morgan fingerprint density at radius 2 is 1.50 bits per heavy atom. The number of ether oxygens (including phenoxy) is 2. The van der Waals surface area contributed by atoms with Crippen molar-refractivity contribution in [3.8, 4) is 0 Å². The molecule has 0 radical (unpaired) electrons. The molecule has 304 valence electrons. The second-order valence-corrected chi connectivity index (χ2v) is 17.1. The van der Waals surface area contributed by atoms with Crippen LogP contribution < -0.4 is 26.6 Å². The maximum Gasteiger partial charge on any atom is 0.407 e. The lowest BCUT2D eigenvalue weighted by atomic mass is 9.95. The van der Waals surface area contributed by atoms with Crippen molar-refractivity contribution >= 4 is 47.2 Å². The summed E-state index contributed by atoms with van der Waals surface area (Å²) >= 11 is 3.14. The first-order valence-corrected chi connectivity index (χ1v) is 20.9. The molecule has 2 heterocycles. The van der Waals surface area contributed by atoms with E-state index in [9.17, 15) is 19.2 Å². The summed E-state index contributed by atoms with van der Waals surface area (Å²) in [6.07, 6.45) is 2.98. The molecule has 2 aromatic carbocycles. The smallest absolute Gasteiger partial charge is 0.407 e. The van der Waals surface area contributed by atoms with E-state index in [1.54, 1.807) is 50.9 Å². The first-order chi connectivity index (χ1) is 26.7. The van der Waals surface area contributed by atoms with Crippen LogP contribution in [0.15, 0.2) is 77.1 Å². The summed E-state index contributed by atoms with van der Waals surface area (Å²) in [5.41, 5.74) is 2.15. The number of alkyl carbamates (subject to hydrolysis) is 2. The number of urea groups is 1. The Hall–Kier alpha value is -4.76. The zero-order valence-electron chi connectivity index (χ0n) is 33.3. The van der Waals surface area contributed by atoms with E-state index in [0.717, 1.165) is 32.6 Å². The summed E-state index contributed by atoms with van der Waals surface area (Å²) in [6.45, 7) is 9.98. The van der Waals surface area contributed by atoms with Crippen LogP contribution in [0.3, 0.4) is 0 Å². The average molecular weight is 808 g/mol. The first-order valence-electron chi connectivity index (χ1n) is 19.0. The number of aromatic nitrogens is 1. The monoisotopic (exact) mass is 807 g/mol. The van der Waals surface area contributed by atoms with Gasteiger partial charge in [-0.2, -0.15) is 0 Å². The largest absolute Gasteiger partial charge is 0.444 e. The molecule has 3 atom stereocenters. The molecule has 56 heavy (non-hydrogen) atoms. The van der Waals surface area contributed by atoms with Crippen LogP contribution in [-0.2, 0) is 33.7 Å². The minimum absolute atomic E-state index is 0.0842. The number of nitrogens with one attached hydrogen (secondary N) is 5. The van der Waals surface area contributed by atoms with Crippen LogP contribution in [0.5, 0.6) is 0 Å². The van der Waals surface area contributed by atoms with Gasteiger partial charge < -0.3 is 41.0 Å². The SMILES string of the molecule is CC(C)c1nc(CN(C)C(=O)NC(CCNC(=O)OC(C)(C)C)C(=O)NC(CCC(Cc2ccccc2)NC(=O)OCC2=CNCS2)Cc2ccccc2)cs1. The Kier molecular flexibility index (Phi) is 17.3. The molecule has 15 heteroatoms. The van der Waals surface area contributed by atoms with Gasteiger partial charge >= 0.3 is 18.2 Å². The Bertz CT molecular complexity index is 1730. The van der Waals surface area contributed by atoms with Crippen molar-refractivity contribution in [3.05, 3.63) is 99.0 Å². The summed E-state index contributed by atoms with van der Waals surface area (Å²) in [4.78, 5) is 60.2. The van der Waals surface area contributed by atoms with Crippen molar-refractivity contribution in [2.45, 2.75) is 103 Å². The lowest BCUT2D eigenvalue weighted by Crippen LogP contribution is -2.53. The summed E-state index contributed by atoms with van der Waals surface area (Å²) in [6, 6.07) is 17.7. The van der Waals surface area contributed by atoms with Crippen LogP contribution in [0, 0.1) is 0 Å². The van der Waals surface area contributed by atoms with Gasteiger partial charge in [0.25, 0.3) is 0 Å². The number of thioether (sulfide) groups is 1. The maximum atomic E-state index is 14.2. The molecular formula is C41H57N7O6S2. The molecular weight excluding hydrogens is 751 g/mol. The third-order valence-electron chi connectivity index (χ3n) is 8.66. The van der Waals surface area contributed by atoms with Crippen molar-refractivity contribution in [1.29, 1.82) is 0 Å². The standard InChI is InChI=1S/C41H57N7O6S2/c1-28(2)37-45-33(26-55-37)24-48(6)38(50)47-35(19-20-43-39(51)54-41(3,4)5)36(49)44-31(21-29-13-9-7-10-14-29)17-18-32(22-30-15-11-8-12-16-30)46-40(52)53-25-34-23-42-27-56-34/h7-16,23,26,28,31-32,35,42H,17-22,24-25,27H2,1-6H3,(H,43,51)(H,44,49)(H,46,52)(H,47,50). The number of carbonyl (C=O) groups excluding carboxylic acids is 4. The lowest BCUT2D eigenvalue weighted by Gasteiger charge is -2.27. The van der Waals surface area contributed by atoms with Crippen molar-refractivity contribution in [1.82, 2.24) is 36.5 Å². The van der Waals surface area contributed by atoms with E-state index in [2.05, 4.69) is 45.4 Å². The fourth-order valence-corrected chi connectivity index (χ4v) is 7.33. The third kappa shape index (κ3) is 16.1. The van der Waals surface area contributed by atoms with Gasteiger partial charge in [0.1, 0.15) is 18.2 Å². The highest BCUT2D eigenvalue weighted by atomic mass is 32.2. The molecule has 0 saturated heterocycles. The minimum atomic E-state index is -0.981. The molecule has 4 rings (SSSR count). The Morgan fingerprint density at radius 1 is 0.875 bits per heavy atom. The number of amides is 5. The maximum absolute atomic E-state index is 14.2. The zero-order valence-corrected chi connectivity index (χ0v) is 34.9. The molecule has 1 aromatic heterocycles. The number of hydrogen-bond donors (Lipinski definition) is 5. The molecule has 0 saturated carbocycles. The van der Waals surface area contributed by atoms with Crippen molar-refractivity contribution < 1.29 is 28.7 Å². The molecule has 0 fully saturated rings. The summed E-state index contributed by atoms with van der Waals surface area (Å²) in [7, 11) is 1.65. The van der Waals surface area contributed by atoms with Crippen molar-refractivity contribution in [3.63, 3.8) is 0 Å². The van der Waals surface area contributed by atoms with Crippen LogP contribution in [0.4, 0.5) is 14.4 Å². The molecule has 0 spiro atoms. The number of benzene rings is 2. The van der Waals surface area contributed by atoms with E-state index in [0.29, 0.717) is 25.7 Å². The van der Waals surface area contributed by atoms with Crippen molar-refractivity contribution in [2.24, 2.45) is 0 Å². The molecule has 3 aromatic rings. The molecule has 1 aliphatic rings. The van der Waals surface area contributed by atoms with Crippen LogP contribution >= 0.6 is 23.1 Å². The van der Waals surface area contributed by atoms with Crippen LogP contribution in [-0.4, -0.2) is 83.8 Å². The molecule has 1 aliphatic heterocycles. The van der Waals surface area contributed by atoms with Gasteiger partial charge in [0.05, 0.1) is 23.1 Å². The van der Waals surface area contributed by atoms with Crippen LogP contribution in [0.2, 0.25) is 0 Å². The fourth-order valence-electron chi connectivity index (χ4n) is 5.85. The van der Waals surface area contributed by atoms with E-state index in [4.69, 9.17) is 9.47 Å². The third-order valence-corrected chi connectivity index (χ3v) is 10.8. The summed E-state index contributed by atoms with van der Waals surface area (Å²) < 4.78 is 10.9. The van der Waals surface area contributed by atoms with Gasteiger partial charge in [-0.25, -0.2) is 19.4 Å². The number of carbonyl (C=O) groups is 4. The van der Waals surface area contributed by atoms with E-state index in [1.165, 1.54) is 4.90 Å². The minimum Gasteiger partial charge on any atom is -0.444 e. The van der Waals surface area contributed by atoms with Crippen LogP contribution in [0.1, 0.15) is 81.6 Å². The van der Waals surface area contributed by atoms with Gasteiger partial charge in [0, 0.05) is 48.1 Å². The number of hydrogen-bond acceptors (Lipinski definition) is 10. The predicted molar refractivity (Wildman–Crippen MR) is 222 cm³/mol. The van der Waals surface area contributed by atoms with Gasteiger partial charge in [-0.15, -0.1) is 23.1 Å². The highest BCUT2D eigenvalue weighted by Gasteiger charge is 2.27. The van der Waals surface area contributed by atoms with Gasteiger partial charge in [-0.05, 0) is 64.0 Å². The number of nitrogens with zero attached hydrogens (tertiary/aromatic N) is 2. The normalized spacial score (nSPS) is 14.1. The quantitative estimate of drug-likeness (QED) is 0.0891. The predicted octanol–water partition coefficient (Wildman–Crippen LogP) is 6.67. The van der Waals surface area contributed by atoms with E-state index in [1.807, 2.05) is 72.2 Å². The van der Waals surface area contributed by atoms with E-state index in [-0.39, 0.29) is 44.1 Å². The van der Waals surface area contributed by atoms with E-state index >= 15 is 0 Å². The second-order valence-electron chi connectivity index (χ2n) is 15.1. The van der Waals surface area contributed by atoms with Gasteiger partial charge in [0.2, 0.25) is 5.91 Å². The van der Waals surface area contributed by atoms with Crippen LogP contribution in [0.25, 0.3) is 0 Å². The summed E-state index contributed by atoms with van der Waals surface area (Å²) in [5.74, 6) is 0.632. The molecule has 5 amide bonds. The molecule has 13 nitrogen and oxygen atoms in total. The fraction of sp³-hybridized carbons (Fsp3) is 0.488. The molecule has 0 aliphatic carbocycles. The highest BCUT2D eigenvalue weighted by Crippen LogP contribution is 2.21. The second kappa shape index (κ2) is 22.1. The van der Waals surface area contributed by atoms with Gasteiger partial charge in [-0.1, -0.05) is 74.5 Å². The summed E-state index contributed by atoms with van der Waals surface area (Å²) in [5, 5.41) is 17.9. The topological polar surface area (TPSA) is 163 Å². The number of rotatable bonds is 19. The molecule has 3 unspecified atom stereocenters. The Balaban J connectivity index is 1.48. The average Bonchev–Trinajstić information content (AvgIpc) is 3.85. The Labute approximate surface area is 339 Å². The lowest BCUT2D eigenvalue weighted by molar-refractivity contribution is -0.123. The first kappa shape index (κ1) is 44.0.